The van der Waals surface area contributed by atoms with Crippen LogP contribution >= 0.6 is 0 Å². The molecule has 2 N–H and O–H groups in total. The minimum Gasteiger partial charge on any atom is -0.351 e. The molecule has 4 aromatic heterocycles. The van der Waals surface area contributed by atoms with Crippen molar-refractivity contribution >= 4 is 34.1 Å². The van der Waals surface area contributed by atoms with Gasteiger partial charge in [0.05, 0.1) is 12.4 Å². The standard InChI is InChI=1S/C23H26N10O6/c1-30-16-14(20(36)32(3)22(30)38)28-12(10-26-16)18(34)24-8-6-5-7-9-25-19(35)13-11-27-17-15(29-13)21(37)33(4)23(39)31(17)2/h10-11H,5-9H2,1-4H3,(H,24,34)(H,25,35). The molecule has 0 fully saturated rings. The highest BCUT2D eigenvalue weighted by atomic mass is 16.2. The van der Waals surface area contributed by atoms with E-state index in [0.29, 0.717) is 32.4 Å². The van der Waals surface area contributed by atoms with E-state index in [0.717, 1.165) is 9.13 Å². The molecule has 39 heavy (non-hydrogen) atoms. The highest BCUT2D eigenvalue weighted by Gasteiger charge is 2.16. The number of amides is 2. The van der Waals surface area contributed by atoms with Crippen molar-refractivity contribution in [2.75, 3.05) is 13.1 Å². The highest BCUT2D eigenvalue weighted by molar-refractivity contribution is 5.94. The summed E-state index contributed by atoms with van der Waals surface area (Å²) in [5, 5.41) is 5.41. The zero-order valence-corrected chi connectivity index (χ0v) is 21.7. The van der Waals surface area contributed by atoms with Gasteiger partial charge in [0.2, 0.25) is 0 Å². The number of rotatable bonds is 8. The van der Waals surface area contributed by atoms with Gasteiger partial charge in [-0.3, -0.25) is 37.4 Å². The molecule has 0 saturated carbocycles. The molecule has 4 aromatic rings. The van der Waals surface area contributed by atoms with Crippen LogP contribution in [0.25, 0.3) is 22.3 Å². The molecule has 16 heteroatoms. The number of aryl methyl sites for hydroxylation is 2. The lowest BCUT2D eigenvalue weighted by atomic mass is 10.2. The maximum Gasteiger partial charge on any atom is 0.332 e. The molecule has 16 nitrogen and oxygen atoms in total. The lowest BCUT2D eigenvalue weighted by Crippen LogP contribution is -2.38. The Morgan fingerprint density at radius 1 is 0.641 bits per heavy atom. The summed E-state index contributed by atoms with van der Waals surface area (Å²) < 4.78 is 4.16. The van der Waals surface area contributed by atoms with Gasteiger partial charge in [-0.2, -0.15) is 0 Å². The molecule has 2 amide bonds. The number of carbonyl (C=O) groups excluding carboxylic acids is 2. The van der Waals surface area contributed by atoms with Crippen LogP contribution in [0.5, 0.6) is 0 Å². The van der Waals surface area contributed by atoms with Crippen LogP contribution < -0.4 is 33.1 Å². The highest BCUT2D eigenvalue weighted by Crippen LogP contribution is 2.04. The average Bonchev–Trinajstić information content (AvgIpc) is 2.95. The van der Waals surface area contributed by atoms with E-state index in [9.17, 15) is 28.8 Å². The zero-order chi connectivity index (χ0) is 28.4. The van der Waals surface area contributed by atoms with E-state index in [-0.39, 0.29) is 33.7 Å². The van der Waals surface area contributed by atoms with E-state index in [2.05, 4.69) is 30.6 Å². The second kappa shape index (κ2) is 10.8. The van der Waals surface area contributed by atoms with E-state index >= 15 is 0 Å². The Hall–Kier alpha value is -5.02. The molecule has 0 spiro atoms. The molecule has 0 aromatic carbocycles. The molecule has 0 aliphatic heterocycles. The average molecular weight is 539 g/mol. The number of nitrogens with one attached hydrogen (secondary N) is 2. The normalized spacial score (nSPS) is 11.2. The fraction of sp³-hybridized carbons (Fsp3) is 0.391. The first kappa shape index (κ1) is 27.0. The lowest BCUT2D eigenvalue weighted by Gasteiger charge is -2.09. The van der Waals surface area contributed by atoms with Crippen LogP contribution in [0, 0.1) is 0 Å². The fourth-order valence-electron chi connectivity index (χ4n) is 3.90. The Kier molecular flexibility index (Phi) is 7.46. The second-order valence-corrected chi connectivity index (χ2v) is 8.84. The molecule has 0 radical (unpaired) electrons. The van der Waals surface area contributed by atoms with E-state index in [1.807, 2.05) is 0 Å². The summed E-state index contributed by atoms with van der Waals surface area (Å²) in [6.45, 7) is 0.659. The molecule has 4 rings (SSSR count). The van der Waals surface area contributed by atoms with Crippen LogP contribution in [0.15, 0.2) is 31.6 Å². The van der Waals surface area contributed by atoms with Crippen molar-refractivity contribution in [1.29, 1.82) is 0 Å². The molecule has 4 heterocycles. The molecule has 204 valence electrons. The maximum atomic E-state index is 12.4. The Labute approximate surface area is 219 Å². The Morgan fingerprint density at radius 3 is 1.41 bits per heavy atom. The first-order valence-electron chi connectivity index (χ1n) is 11.9. The maximum absolute atomic E-state index is 12.4. The first-order valence-corrected chi connectivity index (χ1v) is 11.9. The third-order valence-electron chi connectivity index (χ3n) is 6.19. The third kappa shape index (κ3) is 5.07. The number of aromatic nitrogens is 8. The summed E-state index contributed by atoms with van der Waals surface area (Å²) in [6.07, 6.45) is 4.31. The zero-order valence-electron chi connectivity index (χ0n) is 21.7. The van der Waals surface area contributed by atoms with Crippen LogP contribution in [0.2, 0.25) is 0 Å². The van der Waals surface area contributed by atoms with Crippen molar-refractivity contribution in [3.05, 3.63) is 65.5 Å². The van der Waals surface area contributed by atoms with Gasteiger partial charge in [0.15, 0.2) is 22.3 Å². The van der Waals surface area contributed by atoms with E-state index < -0.39 is 34.3 Å². The number of nitrogens with zero attached hydrogens (tertiary/aromatic N) is 8. The number of fused-ring (bicyclic) bond motifs is 2. The van der Waals surface area contributed by atoms with Gasteiger partial charge in [0.1, 0.15) is 11.4 Å². The van der Waals surface area contributed by atoms with Gasteiger partial charge in [-0.05, 0) is 19.3 Å². The van der Waals surface area contributed by atoms with Gasteiger partial charge in [0, 0.05) is 41.3 Å². The largest absolute Gasteiger partial charge is 0.351 e. The fourth-order valence-corrected chi connectivity index (χ4v) is 3.90. The van der Waals surface area contributed by atoms with Crippen LogP contribution in [0.1, 0.15) is 40.2 Å². The van der Waals surface area contributed by atoms with Crippen LogP contribution in [0.3, 0.4) is 0 Å². The molecule has 0 unspecified atom stereocenters. The predicted molar refractivity (Wildman–Crippen MR) is 139 cm³/mol. The molecule has 0 aliphatic rings. The molecular formula is C23H26N10O6. The molecular weight excluding hydrogens is 512 g/mol. The van der Waals surface area contributed by atoms with Crippen molar-refractivity contribution < 1.29 is 9.59 Å². The summed E-state index contributed by atoms with van der Waals surface area (Å²) in [6, 6.07) is 0. The predicted octanol–water partition coefficient (Wildman–Crippen LogP) is -2.30. The topological polar surface area (TPSA) is 198 Å². The number of hydrogen-bond acceptors (Lipinski definition) is 10. The molecule has 0 aliphatic carbocycles. The van der Waals surface area contributed by atoms with Crippen molar-refractivity contribution in [3.63, 3.8) is 0 Å². The van der Waals surface area contributed by atoms with Crippen molar-refractivity contribution in [1.82, 2.24) is 48.8 Å². The Balaban J connectivity index is 1.26. The monoisotopic (exact) mass is 538 g/mol. The first-order chi connectivity index (χ1) is 18.5. The molecule has 0 bridgehead atoms. The van der Waals surface area contributed by atoms with Crippen LogP contribution in [-0.2, 0) is 28.2 Å². The SMILES string of the molecule is Cn1c(=O)c2nc(C(=O)NCCCCCNC(=O)c3cnc4c(n3)c(=O)n(C)c(=O)n4C)cnc2n(C)c1=O. The number of hydrogen-bond donors (Lipinski definition) is 2. The summed E-state index contributed by atoms with van der Waals surface area (Å²) in [5.41, 5.74) is -2.44. The van der Waals surface area contributed by atoms with E-state index in [4.69, 9.17) is 0 Å². The van der Waals surface area contributed by atoms with Gasteiger partial charge in [-0.25, -0.2) is 29.5 Å². The number of unbranched alkanes of at least 4 members (excludes halogenated alkanes) is 2. The van der Waals surface area contributed by atoms with Gasteiger partial charge >= 0.3 is 11.4 Å². The van der Waals surface area contributed by atoms with Gasteiger partial charge in [0.25, 0.3) is 22.9 Å². The minimum absolute atomic E-state index is 0.0445. The van der Waals surface area contributed by atoms with Crippen molar-refractivity contribution in [2.24, 2.45) is 28.2 Å². The Morgan fingerprint density at radius 2 is 1.03 bits per heavy atom. The summed E-state index contributed by atoms with van der Waals surface area (Å²) in [4.78, 5) is 89.8. The second-order valence-electron chi connectivity index (χ2n) is 8.84. The third-order valence-corrected chi connectivity index (χ3v) is 6.19. The van der Waals surface area contributed by atoms with Crippen molar-refractivity contribution in [2.45, 2.75) is 19.3 Å². The van der Waals surface area contributed by atoms with Gasteiger partial charge in [-0.1, -0.05) is 0 Å². The smallest absolute Gasteiger partial charge is 0.332 e. The van der Waals surface area contributed by atoms with Crippen LogP contribution in [0.4, 0.5) is 0 Å². The summed E-state index contributed by atoms with van der Waals surface area (Å²) >= 11 is 0. The summed E-state index contributed by atoms with van der Waals surface area (Å²) in [5.74, 6) is -1.01. The van der Waals surface area contributed by atoms with Crippen molar-refractivity contribution in [3.8, 4) is 0 Å². The van der Waals surface area contributed by atoms with Crippen LogP contribution in [-0.4, -0.2) is 63.1 Å². The van der Waals surface area contributed by atoms with Gasteiger partial charge < -0.3 is 10.6 Å². The van der Waals surface area contributed by atoms with E-state index in [1.54, 1.807) is 0 Å². The Bertz CT molecular complexity index is 1730. The quantitative estimate of drug-likeness (QED) is 0.230. The molecule has 0 saturated heterocycles. The molecule has 0 atom stereocenters. The lowest BCUT2D eigenvalue weighted by molar-refractivity contribution is 0.0942. The summed E-state index contributed by atoms with van der Waals surface area (Å²) in [7, 11) is 5.57. The number of carbonyl (C=O) groups is 2. The minimum atomic E-state index is -0.639. The van der Waals surface area contributed by atoms with Gasteiger partial charge in [-0.15, -0.1) is 0 Å². The van der Waals surface area contributed by atoms with E-state index in [1.165, 1.54) is 49.7 Å².